The Morgan fingerprint density at radius 3 is 2.20 bits per heavy atom. The summed E-state index contributed by atoms with van der Waals surface area (Å²) in [4.78, 5) is 0. The molecule has 0 aromatic heterocycles. The second-order valence-corrected chi connectivity index (χ2v) is 5.82. The first-order valence-electron chi connectivity index (χ1n) is 6.34. The summed E-state index contributed by atoms with van der Waals surface area (Å²) in [5, 5.41) is 10.7. The molecule has 3 N–H and O–H groups in total. The van der Waals surface area contributed by atoms with Crippen LogP contribution in [0.1, 0.15) is 59.8 Å². The molecule has 1 aliphatic rings. The molecule has 1 atom stereocenters. The van der Waals surface area contributed by atoms with Gasteiger partial charge in [0.2, 0.25) is 0 Å². The highest BCUT2D eigenvalue weighted by atomic mass is 16.3. The molecule has 0 spiro atoms. The summed E-state index contributed by atoms with van der Waals surface area (Å²) in [6, 6.07) is 0. The van der Waals surface area contributed by atoms with E-state index in [-0.39, 0.29) is 0 Å². The summed E-state index contributed by atoms with van der Waals surface area (Å²) in [7, 11) is 0. The third-order valence-corrected chi connectivity index (χ3v) is 4.71. The van der Waals surface area contributed by atoms with Crippen molar-refractivity contribution in [2.45, 2.75) is 70.9 Å². The molecule has 0 aromatic carbocycles. The maximum atomic E-state index is 10.7. The Morgan fingerprint density at radius 1 is 1.40 bits per heavy atom. The van der Waals surface area contributed by atoms with E-state index in [4.69, 9.17) is 5.73 Å². The second-order valence-electron chi connectivity index (χ2n) is 5.82. The minimum atomic E-state index is -0.646. The van der Waals surface area contributed by atoms with Crippen LogP contribution >= 0.6 is 0 Å². The molecule has 2 heteroatoms. The van der Waals surface area contributed by atoms with Crippen LogP contribution < -0.4 is 5.73 Å². The second kappa shape index (κ2) is 4.42. The Hall–Kier alpha value is -0.0800. The van der Waals surface area contributed by atoms with Crippen LogP contribution in [0.5, 0.6) is 0 Å². The Kier molecular flexibility index (Phi) is 3.83. The van der Waals surface area contributed by atoms with Crippen molar-refractivity contribution in [2.75, 3.05) is 0 Å². The van der Waals surface area contributed by atoms with Gasteiger partial charge in [-0.2, -0.15) is 0 Å². The minimum absolute atomic E-state index is 0.320. The first kappa shape index (κ1) is 13.0. The Balaban J connectivity index is 2.69. The van der Waals surface area contributed by atoms with Crippen LogP contribution in [0.25, 0.3) is 0 Å². The van der Waals surface area contributed by atoms with Crippen LogP contribution in [0.2, 0.25) is 0 Å². The van der Waals surface area contributed by atoms with E-state index in [1.54, 1.807) is 0 Å². The summed E-state index contributed by atoms with van der Waals surface area (Å²) in [5.41, 5.74) is 5.21. The molecule has 15 heavy (non-hydrogen) atoms. The van der Waals surface area contributed by atoms with Gasteiger partial charge in [0.1, 0.15) is 0 Å². The van der Waals surface area contributed by atoms with Gasteiger partial charge in [-0.05, 0) is 44.4 Å². The van der Waals surface area contributed by atoms with Crippen LogP contribution in [-0.4, -0.2) is 16.2 Å². The van der Waals surface area contributed by atoms with Gasteiger partial charge in [0.15, 0.2) is 0 Å². The minimum Gasteiger partial charge on any atom is -0.388 e. The normalized spacial score (nSPS) is 36.6. The highest BCUT2D eigenvalue weighted by Crippen LogP contribution is 2.41. The van der Waals surface area contributed by atoms with E-state index < -0.39 is 11.1 Å². The lowest BCUT2D eigenvalue weighted by Crippen LogP contribution is -2.62. The number of hydrogen-bond donors (Lipinski definition) is 2. The Bertz CT molecular complexity index is 203. The lowest BCUT2D eigenvalue weighted by Gasteiger charge is -2.49. The molecule has 1 saturated carbocycles. The van der Waals surface area contributed by atoms with Gasteiger partial charge in [0.25, 0.3) is 0 Å². The van der Waals surface area contributed by atoms with Crippen LogP contribution in [0.4, 0.5) is 0 Å². The topological polar surface area (TPSA) is 46.2 Å². The third-order valence-electron chi connectivity index (χ3n) is 4.71. The summed E-state index contributed by atoms with van der Waals surface area (Å²) < 4.78 is 0. The molecule has 0 saturated heterocycles. The predicted molar refractivity (Wildman–Crippen MR) is 64.6 cm³/mol. The molecule has 0 bridgehead atoms. The van der Waals surface area contributed by atoms with Gasteiger partial charge < -0.3 is 10.8 Å². The van der Waals surface area contributed by atoms with Gasteiger partial charge in [0, 0.05) is 5.54 Å². The monoisotopic (exact) mass is 213 g/mol. The average Bonchev–Trinajstić information content (AvgIpc) is 2.18. The fourth-order valence-corrected chi connectivity index (χ4v) is 2.64. The molecule has 0 amide bonds. The average molecular weight is 213 g/mol. The van der Waals surface area contributed by atoms with Gasteiger partial charge in [-0.15, -0.1) is 0 Å². The van der Waals surface area contributed by atoms with Crippen molar-refractivity contribution in [1.82, 2.24) is 0 Å². The molecule has 0 aliphatic heterocycles. The standard InChI is InChI=1S/C13H27NO/c1-5-11-6-8-13(15,9-7-11)12(4,14)10(2)3/h10-11,15H,5-9,14H2,1-4H3. The van der Waals surface area contributed by atoms with Crippen molar-refractivity contribution in [3.63, 3.8) is 0 Å². The molecule has 0 radical (unpaired) electrons. The van der Waals surface area contributed by atoms with E-state index >= 15 is 0 Å². The Labute approximate surface area is 94.2 Å². The molecule has 2 nitrogen and oxygen atoms in total. The predicted octanol–water partition coefficient (Wildman–Crippen LogP) is 2.69. The number of rotatable bonds is 3. The fourth-order valence-electron chi connectivity index (χ4n) is 2.64. The summed E-state index contributed by atoms with van der Waals surface area (Å²) in [6.07, 6.45) is 5.24. The lowest BCUT2D eigenvalue weighted by atomic mass is 9.65. The highest BCUT2D eigenvalue weighted by molar-refractivity contribution is 5.04. The maximum Gasteiger partial charge on any atom is 0.0826 e. The van der Waals surface area contributed by atoms with Crippen LogP contribution in [0, 0.1) is 11.8 Å². The number of hydrogen-bond acceptors (Lipinski definition) is 2. The molecular weight excluding hydrogens is 186 g/mol. The van der Waals surface area contributed by atoms with E-state index in [0.717, 1.165) is 31.6 Å². The highest BCUT2D eigenvalue weighted by Gasteiger charge is 2.47. The summed E-state index contributed by atoms with van der Waals surface area (Å²) in [6.45, 7) is 8.44. The van der Waals surface area contributed by atoms with Crippen molar-refractivity contribution in [3.05, 3.63) is 0 Å². The molecule has 0 aromatic rings. The lowest BCUT2D eigenvalue weighted by molar-refractivity contribution is -0.0833. The van der Waals surface area contributed by atoms with Crippen LogP contribution in [0.3, 0.4) is 0 Å². The van der Waals surface area contributed by atoms with E-state index in [9.17, 15) is 5.11 Å². The first-order chi connectivity index (χ1) is 6.83. The zero-order valence-electron chi connectivity index (χ0n) is 10.7. The molecule has 1 aliphatic carbocycles. The quantitative estimate of drug-likeness (QED) is 0.757. The third kappa shape index (κ3) is 2.36. The van der Waals surface area contributed by atoms with Crippen molar-refractivity contribution >= 4 is 0 Å². The van der Waals surface area contributed by atoms with Crippen molar-refractivity contribution in [3.8, 4) is 0 Å². The van der Waals surface area contributed by atoms with Crippen molar-refractivity contribution in [1.29, 1.82) is 0 Å². The zero-order valence-corrected chi connectivity index (χ0v) is 10.7. The number of nitrogens with two attached hydrogens (primary N) is 1. The SMILES string of the molecule is CCC1CCC(O)(C(C)(N)C(C)C)CC1. The van der Waals surface area contributed by atoms with Crippen LogP contribution in [-0.2, 0) is 0 Å². The molecule has 1 rings (SSSR count). The van der Waals surface area contributed by atoms with Gasteiger partial charge in [-0.3, -0.25) is 0 Å². The van der Waals surface area contributed by atoms with Gasteiger partial charge >= 0.3 is 0 Å². The van der Waals surface area contributed by atoms with Crippen LogP contribution in [0.15, 0.2) is 0 Å². The van der Waals surface area contributed by atoms with Gasteiger partial charge in [0.05, 0.1) is 5.60 Å². The van der Waals surface area contributed by atoms with E-state index in [1.807, 2.05) is 6.92 Å². The van der Waals surface area contributed by atoms with E-state index in [2.05, 4.69) is 20.8 Å². The first-order valence-corrected chi connectivity index (χ1v) is 6.34. The molecular formula is C13H27NO. The molecule has 1 unspecified atom stereocenters. The smallest absolute Gasteiger partial charge is 0.0826 e. The molecule has 90 valence electrons. The van der Waals surface area contributed by atoms with Gasteiger partial charge in [-0.25, -0.2) is 0 Å². The van der Waals surface area contributed by atoms with Crippen molar-refractivity contribution in [2.24, 2.45) is 17.6 Å². The van der Waals surface area contributed by atoms with E-state index in [1.165, 1.54) is 6.42 Å². The summed E-state index contributed by atoms with van der Waals surface area (Å²) in [5.74, 6) is 1.12. The summed E-state index contributed by atoms with van der Waals surface area (Å²) >= 11 is 0. The van der Waals surface area contributed by atoms with E-state index in [0.29, 0.717) is 5.92 Å². The molecule has 1 fully saturated rings. The zero-order chi connectivity index (χ0) is 11.7. The van der Waals surface area contributed by atoms with Gasteiger partial charge in [-0.1, -0.05) is 27.2 Å². The van der Waals surface area contributed by atoms with Crippen molar-refractivity contribution < 1.29 is 5.11 Å². The fraction of sp³-hybridized carbons (Fsp3) is 1.00. The largest absolute Gasteiger partial charge is 0.388 e. The maximum absolute atomic E-state index is 10.7. The molecule has 0 heterocycles. The number of aliphatic hydroxyl groups is 1. The Morgan fingerprint density at radius 2 is 1.87 bits per heavy atom.